The Bertz CT molecular complexity index is 660. The van der Waals surface area contributed by atoms with Crippen LogP contribution < -0.4 is 4.74 Å². The second-order valence-corrected chi connectivity index (χ2v) is 6.95. The van der Waals surface area contributed by atoms with E-state index < -0.39 is 0 Å². The predicted octanol–water partition coefficient (Wildman–Crippen LogP) is 3.49. The molecule has 1 atom stereocenters. The molecule has 3 rings (SSSR count). The van der Waals surface area contributed by atoms with Gasteiger partial charge in [0, 0.05) is 26.2 Å². The van der Waals surface area contributed by atoms with Crippen molar-refractivity contribution < 1.29 is 14.6 Å². The number of aldehydes is 1. The normalized spacial score (nSPS) is 19.8. The zero-order valence-electron chi connectivity index (χ0n) is 17.2. The van der Waals surface area contributed by atoms with Gasteiger partial charge >= 0.3 is 0 Å². The van der Waals surface area contributed by atoms with Crippen molar-refractivity contribution in [3.63, 3.8) is 0 Å². The van der Waals surface area contributed by atoms with Crippen molar-refractivity contribution in [2.45, 2.75) is 52.6 Å². The summed E-state index contributed by atoms with van der Waals surface area (Å²) in [4.78, 5) is 13.6. The molecule has 1 aromatic carbocycles. The van der Waals surface area contributed by atoms with Crippen molar-refractivity contribution in [3.05, 3.63) is 35.7 Å². The second-order valence-electron chi connectivity index (χ2n) is 6.95. The number of hydrogen-bond donors (Lipinski definition) is 1. The number of phenols is 1. The van der Waals surface area contributed by atoms with Crippen LogP contribution in [0.3, 0.4) is 0 Å². The first-order valence-corrected chi connectivity index (χ1v) is 9.90. The predicted molar refractivity (Wildman–Crippen MR) is 108 cm³/mol. The average Bonchev–Trinajstić information content (AvgIpc) is 3.27. The van der Waals surface area contributed by atoms with Crippen molar-refractivity contribution >= 4 is 6.29 Å². The molecule has 6 nitrogen and oxygen atoms in total. The Labute approximate surface area is 163 Å². The topological polar surface area (TPSA) is 56.2 Å². The molecule has 1 fully saturated rings. The first kappa shape index (κ1) is 21.1. The summed E-state index contributed by atoms with van der Waals surface area (Å²) in [6.45, 7) is 10.8. The highest BCUT2D eigenvalue weighted by molar-refractivity contribution is 5.83. The first-order valence-electron chi connectivity index (χ1n) is 9.90. The number of carbonyl (C=O) groups excluding carboxylic acids is 1. The van der Waals surface area contributed by atoms with E-state index in [0.29, 0.717) is 24.7 Å². The second kappa shape index (κ2) is 9.65. The van der Waals surface area contributed by atoms with Crippen LogP contribution in [0.4, 0.5) is 0 Å². The fourth-order valence-corrected chi connectivity index (χ4v) is 3.75. The highest BCUT2D eigenvalue weighted by Gasteiger charge is 2.34. The molecule has 6 heteroatoms. The summed E-state index contributed by atoms with van der Waals surface area (Å²) in [7, 11) is 2.11. The number of rotatable bonds is 6. The number of likely N-dealkylation sites (tertiary alicyclic amines) is 1. The lowest BCUT2D eigenvalue weighted by Crippen LogP contribution is -2.46. The quantitative estimate of drug-likeness (QED) is 0.768. The van der Waals surface area contributed by atoms with Gasteiger partial charge in [-0.1, -0.05) is 19.9 Å². The van der Waals surface area contributed by atoms with Gasteiger partial charge in [-0.3, -0.25) is 9.80 Å². The van der Waals surface area contributed by atoms with Gasteiger partial charge in [-0.25, -0.2) is 5.01 Å². The van der Waals surface area contributed by atoms with E-state index in [1.54, 1.807) is 12.1 Å². The molecule has 1 saturated heterocycles. The zero-order chi connectivity index (χ0) is 20.0. The molecule has 0 saturated carbocycles. The number of hydrazine groups is 1. The van der Waals surface area contributed by atoms with Crippen LogP contribution in [0.15, 0.2) is 30.1 Å². The molecule has 2 aliphatic rings. The van der Waals surface area contributed by atoms with Crippen molar-refractivity contribution in [1.82, 2.24) is 14.9 Å². The minimum atomic E-state index is -0.0399. The standard InChI is InChI=1S/C19H27N3O3.C2H6/c1-14(2)22-19(9-11-20(22)3)21-10-5-6-15(21)13-25-18-8-4-7-17(24)16(18)12-23;1-2/h4,7-9,12,14-15,24H,5-6,10-11,13H2,1-3H3;1-2H3. The van der Waals surface area contributed by atoms with E-state index in [2.05, 4.69) is 41.9 Å². The van der Waals surface area contributed by atoms with Gasteiger partial charge < -0.3 is 14.7 Å². The van der Waals surface area contributed by atoms with Crippen LogP contribution in [0.2, 0.25) is 0 Å². The van der Waals surface area contributed by atoms with E-state index in [-0.39, 0.29) is 17.4 Å². The molecule has 27 heavy (non-hydrogen) atoms. The Balaban J connectivity index is 0.00000126. The lowest BCUT2D eigenvalue weighted by molar-refractivity contribution is 0.00191. The van der Waals surface area contributed by atoms with Crippen LogP contribution in [0.25, 0.3) is 0 Å². The molecule has 0 aromatic heterocycles. The van der Waals surface area contributed by atoms with Crippen molar-refractivity contribution in [2.75, 3.05) is 26.7 Å². The largest absolute Gasteiger partial charge is 0.507 e. The van der Waals surface area contributed by atoms with Crippen LogP contribution in [0, 0.1) is 0 Å². The fraction of sp³-hybridized carbons (Fsp3) is 0.571. The van der Waals surface area contributed by atoms with Crippen molar-refractivity contribution in [2.24, 2.45) is 0 Å². The Morgan fingerprint density at radius 1 is 1.33 bits per heavy atom. The van der Waals surface area contributed by atoms with Gasteiger partial charge in [0.2, 0.25) is 0 Å². The molecule has 2 aliphatic heterocycles. The zero-order valence-corrected chi connectivity index (χ0v) is 17.2. The van der Waals surface area contributed by atoms with Gasteiger partial charge in [-0.2, -0.15) is 0 Å². The Kier molecular flexibility index (Phi) is 7.54. The number of carbonyl (C=O) groups is 1. The van der Waals surface area contributed by atoms with Gasteiger partial charge in [0.1, 0.15) is 23.9 Å². The molecule has 0 spiro atoms. The number of nitrogens with zero attached hydrogens (tertiary/aromatic N) is 3. The van der Waals surface area contributed by atoms with Crippen molar-refractivity contribution in [1.29, 1.82) is 0 Å². The van der Waals surface area contributed by atoms with Gasteiger partial charge in [0.05, 0.1) is 11.6 Å². The molecule has 2 heterocycles. The molecule has 1 N–H and O–H groups in total. The summed E-state index contributed by atoms with van der Waals surface area (Å²) < 4.78 is 5.91. The summed E-state index contributed by atoms with van der Waals surface area (Å²) in [5.74, 6) is 1.65. The number of likely N-dealkylation sites (N-methyl/N-ethyl adjacent to an activating group) is 1. The number of benzene rings is 1. The molecular weight excluding hydrogens is 342 g/mol. The molecule has 150 valence electrons. The van der Waals surface area contributed by atoms with Crippen LogP contribution in [0.1, 0.15) is 50.9 Å². The van der Waals surface area contributed by atoms with Gasteiger partial charge in [-0.05, 0) is 44.9 Å². The van der Waals surface area contributed by atoms with Gasteiger partial charge in [0.25, 0.3) is 0 Å². The highest BCUT2D eigenvalue weighted by Crippen LogP contribution is 2.31. The van der Waals surface area contributed by atoms with Gasteiger partial charge in [0.15, 0.2) is 6.29 Å². The molecular formula is C21H33N3O3. The molecule has 0 bridgehead atoms. The summed E-state index contributed by atoms with van der Waals surface area (Å²) in [6.07, 6.45) is 5.10. The maximum Gasteiger partial charge on any atom is 0.157 e. The molecule has 1 unspecified atom stereocenters. The van der Waals surface area contributed by atoms with E-state index in [0.717, 1.165) is 25.9 Å². The number of aromatic hydroxyl groups is 1. The molecule has 0 amide bonds. The minimum Gasteiger partial charge on any atom is -0.507 e. The first-order chi connectivity index (χ1) is 13.0. The van der Waals surface area contributed by atoms with Crippen LogP contribution >= 0.6 is 0 Å². The number of phenolic OH excluding ortho intramolecular Hbond substituents is 1. The Hall–Kier alpha value is -2.21. The number of hydrogen-bond acceptors (Lipinski definition) is 6. The van der Waals surface area contributed by atoms with Crippen LogP contribution in [-0.2, 0) is 0 Å². The van der Waals surface area contributed by atoms with E-state index >= 15 is 0 Å². The SMILES string of the molecule is CC.CC(C)N1C(N2CCCC2COc2cccc(O)c2C=O)=CCN1C. The third-order valence-corrected chi connectivity index (χ3v) is 4.89. The maximum absolute atomic E-state index is 11.2. The summed E-state index contributed by atoms with van der Waals surface area (Å²) in [5, 5.41) is 14.3. The third kappa shape index (κ3) is 4.56. The number of ether oxygens (including phenoxy) is 1. The van der Waals surface area contributed by atoms with E-state index in [9.17, 15) is 9.90 Å². The van der Waals surface area contributed by atoms with Crippen molar-refractivity contribution in [3.8, 4) is 11.5 Å². The summed E-state index contributed by atoms with van der Waals surface area (Å²) >= 11 is 0. The average molecular weight is 376 g/mol. The van der Waals surface area contributed by atoms with E-state index in [1.807, 2.05) is 13.8 Å². The summed E-state index contributed by atoms with van der Waals surface area (Å²) in [6, 6.07) is 5.58. The Morgan fingerprint density at radius 3 is 2.74 bits per heavy atom. The van der Waals surface area contributed by atoms with E-state index in [1.165, 1.54) is 11.9 Å². The summed E-state index contributed by atoms with van der Waals surface area (Å²) in [5.41, 5.74) is 0.218. The maximum atomic E-state index is 11.2. The molecule has 1 aromatic rings. The molecule has 0 radical (unpaired) electrons. The monoisotopic (exact) mass is 375 g/mol. The van der Waals surface area contributed by atoms with Gasteiger partial charge in [-0.15, -0.1) is 0 Å². The fourth-order valence-electron chi connectivity index (χ4n) is 3.75. The Morgan fingerprint density at radius 2 is 2.07 bits per heavy atom. The minimum absolute atomic E-state index is 0.0399. The lowest BCUT2D eigenvalue weighted by atomic mass is 10.2. The lowest BCUT2D eigenvalue weighted by Gasteiger charge is -2.39. The highest BCUT2D eigenvalue weighted by atomic mass is 16.5. The van der Waals surface area contributed by atoms with E-state index in [4.69, 9.17) is 4.74 Å². The smallest absolute Gasteiger partial charge is 0.157 e. The van der Waals surface area contributed by atoms with Crippen LogP contribution in [-0.4, -0.2) is 65.1 Å². The van der Waals surface area contributed by atoms with Crippen LogP contribution in [0.5, 0.6) is 11.5 Å². The third-order valence-electron chi connectivity index (χ3n) is 4.89. The molecule has 0 aliphatic carbocycles.